The van der Waals surface area contributed by atoms with Crippen LogP contribution in [0.3, 0.4) is 0 Å². The average molecular weight is 140 g/mol. The van der Waals surface area contributed by atoms with Gasteiger partial charge in [-0.2, -0.15) is 0 Å². The summed E-state index contributed by atoms with van der Waals surface area (Å²) in [5.41, 5.74) is 1.20. The first-order valence-electron chi connectivity index (χ1n) is 3.60. The standard InChI is InChI=1S/C11H8/c1-9-6-7-10-4-2-3-5-11(10)8-9/h1-8H. The first-order chi connectivity index (χ1) is 5.36. The van der Waals surface area contributed by atoms with Gasteiger partial charge in [-0.25, -0.2) is 0 Å². The van der Waals surface area contributed by atoms with Gasteiger partial charge in [0.1, 0.15) is 0 Å². The highest BCUT2D eigenvalue weighted by atomic mass is 14.0. The number of benzene rings is 1. The number of rotatable bonds is 0. The molecule has 11 heavy (non-hydrogen) atoms. The van der Waals surface area contributed by atoms with Crippen LogP contribution >= 0.6 is 0 Å². The van der Waals surface area contributed by atoms with Crippen molar-refractivity contribution in [2.45, 2.75) is 0 Å². The monoisotopic (exact) mass is 140 g/mol. The Labute approximate surface area is 66.2 Å². The lowest BCUT2D eigenvalue weighted by Gasteiger charge is -2.08. The van der Waals surface area contributed by atoms with Crippen molar-refractivity contribution in [3.8, 4) is 0 Å². The van der Waals surface area contributed by atoms with E-state index in [0.717, 1.165) is 5.22 Å². The molecule has 0 saturated heterocycles. The molecule has 1 aromatic carbocycles. The van der Waals surface area contributed by atoms with Crippen LogP contribution in [-0.4, -0.2) is 0 Å². The van der Waals surface area contributed by atoms with Crippen LogP contribution in [0.25, 0.3) is 12.7 Å². The Morgan fingerprint density at radius 1 is 1.27 bits per heavy atom. The molecule has 0 heterocycles. The average Bonchev–Trinajstić information content (AvgIpc) is 2.04. The van der Waals surface area contributed by atoms with Crippen LogP contribution in [0.4, 0.5) is 0 Å². The van der Waals surface area contributed by atoms with Crippen LogP contribution in [0.2, 0.25) is 0 Å². The van der Waals surface area contributed by atoms with E-state index in [9.17, 15) is 0 Å². The van der Waals surface area contributed by atoms with Crippen molar-refractivity contribution in [2.75, 3.05) is 0 Å². The van der Waals surface area contributed by atoms with Crippen molar-refractivity contribution in [3.05, 3.63) is 52.8 Å². The van der Waals surface area contributed by atoms with E-state index in [1.807, 2.05) is 30.4 Å². The SMILES string of the molecule is [CH+]=c1ccc2c(c1)[CH-]C=CC=2. The Morgan fingerprint density at radius 3 is 3.09 bits per heavy atom. The third-order valence-corrected chi connectivity index (χ3v) is 1.77. The van der Waals surface area contributed by atoms with E-state index in [1.54, 1.807) is 0 Å². The smallest absolute Gasteiger partial charge is 0.0871 e. The van der Waals surface area contributed by atoms with Gasteiger partial charge in [0.15, 0.2) is 0 Å². The van der Waals surface area contributed by atoms with Crippen LogP contribution in [0, 0.1) is 6.42 Å². The number of allylic oxidation sites excluding steroid dienone is 2. The molecule has 0 bridgehead atoms. The van der Waals surface area contributed by atoms with Gasteiger partial charge in [0.05, 0.1) is 5.22 Å². The third kappa shape index (κ3) is 1.04. The molecule has 0 fully saturated rings. The first kappa shape index (κ1) is 6.21. The fraction of sp³-hybridized carbons (Fsp3) is 0. The van der Waals surface area contributed by atoms with Crippen LogP contribution < -0.4 is 10.4 Å². The highest BCUT2D eigenvalue weighted by Gasteiger charge is 1.88. The summed E-state index contributed by atoms with van der Waals surface area (Å²) in [5.74, 6) is 0. The summed E-state index contributed by atoms with van der Waals surface area (Å²) in [6, 6.07) is 5.93. The normalized spacial score (nSPS) is 13.0. The Morgan fingerprint density at radius 2 is 2.18 bits per heavy atom. The van der Waals surface area contributed by atoms with E-state index < -0.39 is 0 Å². The molecule has 0 saturated carbocycles. The van der Waals surface area contributed by atoms with Crippen molar-refractivity contribution < 1.29 is 0 Å². The second-order valence-electron chi connectivity index (χ2n) is 2.61. The quantitative estimate of drug-likeness (QED) is 0.469. The lowest BCUT2D eigenvalue weighted by Crippen LogP contribution is -2.13. The summed E-state index contributed by atoms with van der Waals surface area (Å²) in [6.07, 6.45) is 8.18. The molecule has 0 N–H and O–H groups in total. The van der Waals surface area contributed by atoms with Crippen molar-refractivity contribution >= 4 is 12.7 Å². The zero-order valence-corrected chi connectivity index (χ0v) is 6.12. The summed E-state index contributed by atoms with van der Waals surface area (Å²) >= 11 is 0. The lowest BCUT2D eigenvalue weighted by molar-refractivity contribution is 1.41. The van der Waals surface area contributed by atoms with Gasteiger partial charge in [-0.15, -0.1) is 30.2 Å². The fourth-order valence-corrected chi connectivity index (χ4v) is 1.21. The molecule has 0 atom stereocenters. The van der Waals surface area contributed by atoms with Gasteiger partial charge in [0.25, 0.3) is 0 Å². The van der Waals surface area contributed by atoms with Crippen LogP contribution in [0.1, 0.15) is 5.56 Å². The minimum absolute atomic E-state index is 0.823. The highest BCUT2D eigenvalue weighted by Crippen LogP contribution is 1.98. The van der Waals surface area contributed by atoms with E-state index in [-0.39, 0.29) is 0 Å². The summed E-state index contributed by atoms with van der Waals surface area (Å²) in [4.78, 5) is 0. The summed E-state index contributed by atoms with van der Waals surface area (Å²) in [5, 5.41) is 2.06. The second kappa shape index (κ2) is 2.26. The molecule has 0 radical (unpaired) electrons. The Balaban J connectivity index is 2.77. The van der Waals surface area contributed by atoms with E-state index >= 15 is 0 Å². The molecule has 2 rings (SSSR count). The first-order valence-corrected chi connectivity index (χ1v) is 3.60. The van der Waals surface area contributed by atoms with Gasteiger partial charge >= 0.3 is 0 Å². The molecule has 0 aromatic heterocycles. The predicted octanol–water partition coefficient (Wildman–Crippen LogP) is 0.877. The second-order valence-corrected chi connectivity index (χ2v) is 2.61. The Kier molecular flexibility index (Phi) is 1.28. The highest BCUT2D eigenvalue weighted by molar-refractivity contribution is 5.49. The molecule has 0 nitrogen and oxygen atoms in total. The Bertz CT molecular complexity index is 397. The van der Waals surface area contributed by atoms with Gasteiger partial charge in [-0.3, -0.25) is 0 Å². The number of hydrogen-bond acceptors (Lipinski definition) is 0. The number of hydrogen-bond donors (Lipinski definition) is 0. The molecule has 0 heteroatoms. The minimum Gasteiger partial charge on any atom is -0.145 e. The van der Waals surface area contributed by atoms with E-state index in [4.69, 9.17) is 6.58 Å². The molecule has 1 aliphatic rings. The third-order valence-electron chi connectivity index (χ3n) is 1.77. The van der Waals surface area contributed by atoms with E-state index in [0.29, 0.717) is 0 Å². The van der Waals surface area contributed by atoms with Crippen molar-refractivity contribution in [1.29, 1.82) is 0 Å². The van der Waals surface area contributed by atoms with E-state index in [2.05, 4.69) is 12.5 Å². The largest absolute Gasteiger partial charge is 0.145 e. The number of fused-ring (bicyclic) bond motifs is 1. The van der Waals surface area contributed by atoms with Crippen molar-refractivity contribution in [2.24, 2.45) is 0 Å². The van der Waals surface area contributed by atoms with Gasteiger partial charge in [0, 0.05) is 6.07 Å². The van der Waals surface area contributed by atoms with Gasteiger partial charge in [-0.05, 0) is 12.6 Å². The maximum Gasteiger partial charge on any atom is 0.0871 e. The molecule has 0 aliphatic heterocycles. The van der Waals surface area contributed by atoms with Crippen LogP contribution in [0.15, 0.2) is 30.4 Å². The predicted molar refractivity (Wildman–Crippen MR) is 47.2 cm³/mol. The zero-order chi connectivity index (χ0) is 7.68. The maximum atomic E-state index is 5.62. The molecule has 52 valence electrons. The van der Waals surface area contributed by atoms with Crippen LogP contribution in [0.5, 0.6) is 0 Å². The van der Waals surface area contributed by atoms with Crippen molar-refractivity contribution in [3.63, 3.8) is 0 Å². The van der Waals surface area contributed by atoms with Gasteiger partial charge in [-0.1, -0.05) is 11.3 Å². The molecule has 1 aliphatic carbocycles. The molecule has 1 aromatic rings. The Hall–Kier alpha value is -1.52. The topological polar surface area (TPSA) is 0 Å². The molecule has 0 spiro atoms. The summed E-state index contributed by atoms with van der Waals surface area (Å²) in [6.45, 7) is 5.62. The molecular weight excluding hydrogens is 132 g/mol. The maximum absolute atomic E-state index is 5.62. The van der Waals surface area contributed by atoms with Gasteiger partial charge in [0.2, 0.25) is 0 Å². The summed E-state index contributed by atoms with van der Waals surface area (Å²) < 4.78 is 0. The lowest BCUT2D eigenvalue weighted by atomic mass is 10.0. The van der Waals surface area contributed by atoms with Crippen molar-refractivity contribution in [1.82, 2.24) is 0 Å². The molecular formula is C11H8. The minimum atomic E-state index is 0.823. The van der Waals surface area contributed by atoms with Crippen LogP contribution in [-0.2, 0) is 0 Å². The summed E-state index contributed by atoms with van der Waals surface area (Å²) in [7, 11) is 0. The van der Waals surface area contributed by atoms with Gasteiger partial charge < -0.3 is 0 Å². The molecule has 0 unspecified atom stereocenters. The zero-order valence-electron chi connectivity index (χ0n) is 6.12. The van der Waals surface area contributed by atoms with E-state index in [1.165, 1.54) is 10.8 Å². The molecule has 0 amide bonds. The fourth-order valence-electron chi connectivity index (χ4n) is 1.21.